The summed E-state index contributed by atoms with van der Waals surface area (Å²) in [5.41, 5.74) is 0.593. The van der Waals surface area contributed by atoms with E-state index < -0.39 is 9.84 Å². The molecule has 114 valence electrons. The zero-order valence-electron chi connectivity index (χ0n) is 12.5. The normalized spacial score (nSPS) is 12.0. The zero-order chi connectivity index (χ0) is 16.0. The summed E-state index contributed by atoms with van der Waals surface area (Å²) in [5.74, 6) is 0.417. The molecule has 0 atom stereocenters. The highest BCUT2D eigenvalue weighted by atomic mass is 32.2. The average Bonchev–Trinajstić information content (AvgIpc) is 2.93. The lowest BCUT2D eigenvalue weighted by Gasteiger charge is -2.05. The Kier molecular flexibility index (Phi) is 3.03. The summed E-state index contributed by atoms with van der Waals surface area (Å²) in [4.78, 5) is 0.536. The third-order valence-electron chi connectivity index (χ3n) is 4.02. The van der Waals surface area contributed by atoms with Gasteiger partial charge in [-0.3, -0.25) is 0 Å². The van der Waals surface area contributed by atoms with Crippen molar-refractivity contribution >= 4 is 31.6 Å². The topological polar surface area (TPSA) is 47.3 Å². The SMILES string of the molecule is Cc1oc2ccc3ccccc3c2c1S(=O)(=O)c1ccccc1. The number of rotatable bonds is 2. The van der Waals surface area contributed by atoms with Crippen LogP contribution in [0.3, 0.4) is 0 Å². The van der Waals surface area contributed by atoms with E-state index >= 15 is 0 Å². The smallest absolute Gasteiger partial charge is 0.210 e. The fourth-order valence-corrected chi connectivity index (χ4v) is 4.65. The number of benzene rings is 3. The Morgan fingerprint density at radius 2 is 1.52 bits per heavy atom. The minimum absolute atomic E-state index is 0.260. The maximum atomic E-state index is 13.1. The van der Waals surface area contributed by atoms with Crippen molar-refractivity contribution in [3.05, 3.63) is 72.5 Å². The minimum atomic E-state index is -3.64. The van der Waals surface area contributed by atoms with Crippen LogP contribution in [0.15, 0.2) is 80.9 Å². The van der Waals surface area contributed by atoms with E-state index in [1.807, 2.05) is 36.4 Å². The molecule has 0 N–H and O–H groups in total. The van der Waals surface area contributed by atoms with Crippen LogP contribution in [0, 0.1) is 6.92 Å². The Balaban J connectivity index is 2.16. The highest BCUT2D eigenvalue weighted by molar-refractivity contribution is 7.91. The van der Waals surface area contributed by atoms with Crippen LogP contribution >= 0.6 is 0 Å². The van der Waals surface area contributed by atoms with Crippen molar-refractivity contribution in [2.24, 2.45) is 0 Å². The first-order valence-electron chi connectivity index (χ1n) is 7.30. The summed E-state index contributed by atoms with van der Waals surface area (Å²) in [7, 11) is -3.64. The zero-order valence-corrected chi connectivity index (χ0v) is 13.3. The molecule has 4 rings (SSSR count). The van der Waals surface area contributed by atoms with Gasteiger partial charge in [0.15, 0.2) is 0 Å². The van der Waals surface area contributed by atoms with Crippen molar-refractivity contribution in [1.82, 2.24) is 0 Å². The molecular weight excluding hydrogens is 308 g/mol. The highest BCUT2D eigenvalue weighted by Crippen LogP contribution is 2.37. The predicted molar refractivity (Wildman–Crippen MR) is 90.4 cm³/mol. The van der Waals surface area contributed by atoms with E-state index in [0.29, 0.717) is 16.7 Å². The van der Waals surface area contributed by atoms with Gasteiger partial charge in [0.05, 0.1) is 4.90 Å². The molecule has 0 bridgehead atoms. The van der Waals surface area contributed by atoms with E-state index in [9.17, 15) is 8.42 Å². The van der Waals surface area contributed by atoms with Gasteiger partial charge in [0.1, 0.15) is 16.2 Å². The van der Waals surface area contributed by atoms with Crippen LogP contribution in [-0.4, -0.2) is 8.42 Å². The fourth-order valence-electron chi connectivity index (χ4n) is 3.00. The quantitative estimate of drug-likeness (QED) is 0.536. The summed E-state index contributed by atoms with van der Waals surface area (Å²) in [5, 5.41) is 2.53. The van der Waals surface area contributed by atoms with Crippen molar-refractivity contribution in [3.63, 3.8) is 0 Å². The molecule has 0 radical (unpaired) electrons. The summed E-state index contributed by atoms with van der Waals surface area (Å²) < 4.78 is 32.0. The second-order valence-corrected chi connectivity index (χ2v) is 7.35. The Morgan fingerprint density at radius 1 is 0.826 bits per heavy atom. The van der Waals surface area contributed by atoms with Gasteiger partial charge in [0.2, 0.25) is 9.84 Å². The Bertz CT molecular complexity index is 1120. The molecule has 0 spiro atoms. The summed E-state index contributed by atoms with van der Waals surface area (Å²) in [6.07, 6.45) is 0. The van der Waals surface area contributed by atoms with E-state index in [0.717, 1.165) is 10.8 Å². The first-order valence-corrected chi connectivity index (χ1v) is 8.78. The molecule has 3 aromatic carbocycles. The van der Waals surface area contributed by atoms with Crippen LogP contribution in [-0.2, 0) is 9.84 Å². The van der Waals surface area contributed by atoms with Gasteiger partial charge in [0, 0.05) is 5.39 Å². The second kappa shape index (κ2) is 4.96. The average molecular weight is 322 g/mol. The molecule has 0 aliphatic rings. The van der Waals surface area contributed by atoms with Gasteiger partial charge >= 0.3 is 0 Å². The maximum Gasteiger partial charge on any atom is 0.210 e. The third kappa shape index (κ3) is 2.06. The minimum Gasteiger partial charge on any atom is -0.460 e. The van der Waals surface area contributed by atoms with E-state index in [1.54, 1.807) is 37.3 Å². The number of furan rings is 1. The van der Waals surface area contributed by atoms with Crippen molar-refractivity contribution < 1.29 is 12.8 Å². The molecule has 0 saturated carbocycles. The molecule has 1 heterocycles. The molecule has 23 heavy (non-hydrogen) atoms. The lowest BCUT2D eigenvalue weighted by Crippen LogP contribution is -2.02. The highest BCUT2D eigenvalue weighted by Gasteiger charge is 2.27. The van der Waals surface area contributed by atoms with E-state index in [1.165, 1.54) is 0 Å². The first kappa shape index (κ1) is 14.0. The Labute approximate surface area is 134 Å². The Hall–Kier alpha value is -2.59. The second-order valence-electron chi connectivity index (χ2n) is 5.46. The Morgan fingerprint density at radius 3 is 2.30 bits per heavy atom. The molecule has 0 saturated heterocycles. The van der Waals surface area contributed by atoms with Gasteiger partial charge in [-0.15, -0.1) is 0 Å². The van der Waals surface area contributed by atoms with Crippen LogP contribution in [0.25, 0.3) is 21.7 Å². The van der Waals surface area contributed by atoms with Crippen molar-refractivity contribution in [2.45, 2.75) is 16.7 Å². The number of sulfone groups is 1. The molecule has 3 nitrogen and oxygen atoms in total. The molecule has 0 amide bonds. The van der Waals surface area contributed by atoms with Gasteiger partial charge in [-0.05, 0) is 35.9 Å². The summed E-state index contributed by atoms with van der Waals surface area (Å²) in [6.45, 7) is 1.70. The van der Waals surface area contributed by atoms with Crippen LogP contribution in [0.5, 0.6) is 0 Å². The summed E-state index contributed by atoms with van der Waals surface area (Å²) in [6, 6.07) is 20.0. The standard InChI is InChI=1S/C19H14O3S/c1-13-19(23(20,21)15-8-3-2-4-9-15)18-16-10-6-5-7-14(16)11-12-17(18)22-13/h2-12H,1H3. The van der Waals surface area contributed by atoms with Gasteiger partial charge in [0.25, 0.3) is 0 Å². The molecule has 0 fully saturated rings. The van der Waals surface area contributed by atoms with Gasteiger partial charge in [-0.25, -0.2) is 8.42 Å². The van der Waals surface area contributed by atoms with Crippen LogP contribution in [0.2, 0.25) is 0 Å². The van der Waals surface area contributed by atoms with E-state index in [-0.39, 0.29) is 9.79 Å². The fraction of sp³-hybridized carbons (Fsp3) is 0.0526. The van der Waals surface area contributed by atoms with Crippen molar-refractivity contribution in [3.8, 4) is 0 Å². The molecule has 4 aromatic rings. The van der Waals surface area contributed by atoms with Crippen LogP contribution in [0.4, 0.5) is 0 Å². The number of hydrogen-bond acceptors (Lipinski definition) is 3. The van der Waals surface area contributed by atoms with Gasteiger partial charge in [-0.1, -0.05) is 48.5 Å². The van der Waals surface area contributed by atoms with Crippen LogP contribution < -0.4 is 0 Å². The first-order chi connectivity index (χ1) is 11.1. The molecule has 0 aliphatic heterocycles. The molecule has 0 aliphatic carbocycles. The number of aryl methyl sites for hydroxylation is 1. The predicted octanol–water partition coefficient (Wildman–Crippen LogP) is 4.73. The van der Waals surface area contributed by atoms with Crippen LogP contribution in [0.1, 0.15) is 5.76 Å². The van der Waals surface area contributed by atoms with Gasteiger partial charge in [-0.2, -0.15) is 0 Å². The summed E-state index contributed by atoms with van der Waals surface area (Å²) >= 11 is 0. The maximum absolute atomic E-state index is 13.1. The largest absolute Gasteiger partial charge is 0.460 e. The third-order valence-corrected chi connectivity index (χ3v) is 5.94. The lowest BCUT2D eigenvalue weighted by molar-refractivity contribution is 0.558. The molecule has 4 heteroatoms. The van der Waals surface area contributed by atoms with E-state index in [4.69, 9.17) is 4.42 Å². The lowest BCUT2D eigenvalue weighted by atomic mass is 10.1. The number of hydrogen-bond donors (Lipinski definition) is 0. The van der Waals surface area contributed by atoms with Crippen molar-refractivity contribution in [2.75, 3.05) is 0 Å². The van der Waals surface area contributed by atoms with Crippen molar-refractivity contribution in [1.29, 1.82) is 0 Å². The van der Waals surface area contributed by atoms with Gasteiger partial charge < -0.3 is 4.42 Å². The molecule has 0 unspecified atom stereocenters. The molecular formula is C19H14O3S. The number of fused-ring (bicyclic) bond motifs is 3. The van der Waals surface area contributed by atoms with E-state index in [2.05, 4.69) is 0 Å². The monoisotopic (exact) mass is 322 g/mol. The molecule has 1 aromatic heterocycles.